The zero-order chi connectivity index (χ0) is 11.4. The summed E-state index contributed by atoms with van der Waals surface area (Å²) in [4.78, 5) is 0.991. The Morgan fingerprint density at radius 2 is 1.75 bits per heavy atom. The molecule has 1 fully saturated rings. The molecule has 16 heavy (non-hydrogen) atoms. The molecule has 1 aromatic carbocycles. The van der Waals surface area contributed by atoms with E-state index in [2.05, 4.69) is 6.07 Å². The second-order valence-corrected chi connectivity index (χ2v) is 5.68. The van der Waals surface area contributed by atoms with Gasteiger partial charge >= 0.3 is 0 Å². The Kier molecular flexibility index (Phi) is 3.50. The number of halogens is 1. The third kappa shape index (κ3) is 2.56. The molecule has 0 aromatic heterocycles. The van der Waals surface area contributed by atoms with Gasteiger partial charge < -0.3 is 0 Å². The highest BCUT2D eigenvalue weighted by atomic mass is 32.2. The van der Waals surface area contributed by atoms with Crippen LogP contribution in [0.15, 0.2) is 29.2 Å². The highest BCUT2D eigenvalue weighted by molar-refractivity contribution is 8.01. The van der Waals surface area contributed by atoms with Crippen LogP contribution in [0.25, 0.3) is 0 Å². The Hall–Kier alpha value is -1.01. The van der Waals surface area contributed by atoms with Crippen molar-refractivity contribution in [1.82, 2.24) is 0 Å². The lowest BCUT2D eigenvalue weighted by Crippen LogP contribution is -2.25. The Morgan fingerprint density at radius 1 is 1.12 bits per heavy atom. The van der Waals surface area contributed by atoms with Crippen LogP contribution in [-0.4, -0.2) is 4.75 Å². The number of rotatable bonds is 2. The van der Waals surface area contributed by atoms with E-state index in [9.17, 15) is 9.65 Å². The van der Waals surface area contributed by atoms with Gasteiger partial charge in [0, 0.05) is 4.90 Å². The van der Waals surface area contributed by atoms with E-state index in [-0.39, 0.29) is 10.6 Å². The highest BCUT2D eigenvalue weighted by Gasteiger charge is 2.33. The fourth-order valence-electron chi connectivity index (χ4n) is 2.09. The molecule has 2 rings (SSSR count). The fourth-order valence-corrected chi connectivity index (χ4v) is 3.35. The molecule has 1 aromatic rings. The SMILES string of the molecule is N#CC1(Sc2ccc(F)cc2)CCCCC1. The summed E-state index contributed by atoms with van der Waals surface area (Å²) in [5.74, 6) is -0.223. The van der Waals surface area contributed by atoms with Gasteiger partial charge in [0.2, 0.25) is 0 Å². The number of benzene rings is 1. The number of thioether (sulfide) groups is 1. The summed E-state index contributed by atoms with van der Waals surface area (Å²) in [5, 5.41) is 9.31. The maximum Gasteiger partial charge on any atom is 0.123 e. The van der Waals surface area contributed by atoms with Gasteiger partial charge in [-0.2, -0.15) is 5.26 Å². The molecular weight excluding hydrogens is 221 g/mol. The minimum absolute atomic E-state index is 0.223. The zero-order valence-electron chi connectivity index (χ0n) is 9.08. The molecule has 1 aliphatic carbocycles. The van der Waals surface area contributed by atoms with Crippen LogP contribution in [-0.2, 0) is 0 Å². The van der Waals surface area contributed by atoms with Crippen molar-refractivity contribution < 1.29 is 4.39 Å². The predicted octanol–water partition coefficient (Wildman–Crippen LogP) is 4.14. The first-order valence-corrected chi connectivity index (χ1v) is 6.42. The first kappa shape index (κ1) is 11.5. The lowest BCUT2D eigenvalue weighted by Gasteiger charge is -2.29. The van der Waals surface area contributed by atoms with Crippen molar-refractivity contribution in [3.8, 4) is 6.07 Å². The summed E-state index contributed by atoms with van der Waals surface area (Å²) in [6.07, 6.45) is 5.38. The molecule has 0 bridgehead atoms. The van der Waals surface area contributed by atoms with Crippen LogP contribution in [0.4, 0.5) is 4.39 Å². The van der Waals surface area contributed by atoms with Gasteiger partial charge in [-0.05, 0) is 37.1 Å². The molecule has 0 heterocycles. The van der Waals surface area contributed by atoms with Gasteiger partial charge in [-0.25, -0.2) is 4.39 Å². The van der Waals surface area contributed by atoms with Crippen molar-refractivity contribution in [1.29, 1.82) is 5.26 Å². The smallest absolute Gasteiger partial charge is 0.123 e. The molecular formula is C13H14FNS. The van der Waals surface area contributed by atoms with Crippen LogP contribution < -0.4 is 0 Å². The van der Waals surface area contributed by atoms with E-state index in [1.165, 1.54) is 18.6 Å². The van der Waals surface area contributed by atoms with Crippen LogP contribution in [0.2, 0.25) is 0 Å². The Bertz CT molecular complexity index is 387. The van der Waals surface area contributed by atoms with Crippen molar-refractivity contribution in [3.05, 3.63) is 30.1 Å². The molecule has 84 valence electrons. The molecule has 0 N–H and O–H groups in total. The maximum atomic E-state index is 12.8. The summed E-state index contributed by atoms with van der Waals surface area (Å²) in [6.45, 7) is 0. The molecule has 0 radical (unpaired) electrons. The number of hydrogen-bond donors (Lipinski definition) is 0. The molecule has 0 atom stereocenters. The van der Waals surface area contributed by atoms with Crippen LogP contribution in [0.1, 0.15) is 32.1 Å². The predicted molar refractivity (Wildman–Crippen MR) is 63.7 cm³/mol. The molecule has 0 unspecified atom stereocenters. The minimum atomic E-state index is -0.282. The largest absolute Gasteiger partial charge is 0.207 e. The summed E-state index contributed by atoms with van der Waals surface area (Å²) in [6, 6.07) is 8.87. The first-order chi connectivity index (χ1) is 7.74. The Morgan fingerprint density at radius 3 is 2.31 bits per heavy atom. The standard InChI is InChI=1S/C13H14FNS/c14-11-4-6-12(7-5-11)16-13(10-15)8-2-1-3-9-13/h4-7H,1-3,8-9H2. The van der Waals surface area contributed by atoms with Crippen LogP contribution in [0, 0.1) is 17.1 Å². The summed E-state index contributed by atoms with van der Waals surface area (Å²) < 4.78 is 12.5. The summed E-state index contributed by atoms with van der Waals surface area (Å²) in [5.41, 5.74) is 0. The van der Waals surface area contributed by atoms with Crippen LogP contribution >= 0.6 is 11.8 Å². The monoisotopic (exact) mass is 235 g/mol. The lowest BCUT2D eigenvalue weighted by atomic mass is 9.89. The molecule has 0 aliphatic heterocycles. The van der Waals surface area contributed by atoms with E-state index in [1.807, 2.05) is 0 Å². The van der Waals surface area contributed by atoms with E-state index in [4.69, 9.17) is 0 Å². The average molecular weight is 235 g/mol. The van der Waals surface area contributed by atoms with Crippen molar-refractivity contribution in [2.45, 2.75) is 41.7 Å². The van der Waals surface area contributed by atoms with Crippen LogP contribution in [0.3, 0.4) is 0 Å². The van der Waals surface area contributed by atoms with E-state index >= 15 is 0 Å². The topological polar surface area (TPSA) is 23.8 Å². The van der Waals surface area contributed by atoms with Gasteiger partial charge in [0.15, 0.2) is 0 Å². The van der Waals surface area contributed by atoms with Crippen molar-refractivity contribution >= 4 is 11.8 Å². The minimum Gasteiger partial charge on any atom is -0.207 e. The first-order valence-electron chi connectivity index (χ1n) is 5.60. The zero-order valence-corrected chi connectivity index (χ0v) is 9.89. The molecule has 0 spiro atoms. The van der Waals surface area contributed by atoms with Gasteiger partial charge in [0.05, 0.1) is 6.07 Å². The third-order valence-electron chi connectivity index (χ3n) is 2.99. The highest BCUT2D eigenvalue weighted by Crippen LogP contribution is 2.43. The molecule has 0 saturated heterocycles. The van der Waals surface area contributed by atoms with Crippen LogP contribution in [0.5, 0.6) is 0 Å². The number of nitriles is 1. The van der Waals surface area contributed by atoms with Gasteiger partial charge in [0.25, 0.3) is 0 Å². The van der Waals surface area contributed by atoms with E-state index in [0.29, 0.717) is 0 Å². The normalized spacial score (nSPS) is 19.0. The van der Waals surface area contributed by atoms with E-state index in [0.717, 1.165) is 30.6 Å². The maximum absolute atomic E-state index is 12.8. The fraction of sp³-hybridized carbons (Fsp3) is 0.462. The Labute approximate surface area is 99.7 Å². The van der Waals surface area contributed by atoms with Crippen molar-refractivity contribution in [2.75, 3.05) is 0 Å². The van der Waals surface area contributed by atoms with Gasteiger partial charge in [-0.3, -0.25) is 0 Å². The molecule has 1 nitrogen and oxygen atoms in total. The lowest BCUT2D eigenvalue weighted by molar-refractivity contribution is 0.459. The summed E-state index contributed by atoms with van der Waals surface area (Å²) in [7, 11) is 0. The molecule has 0 amide bonds. The average Bonchev–Trinajstić information content (AvgIpc) is 2.33. The molecule has 1 saturated carbocycles. The third-order valence-corrected chi connectivity index (χ3v) is 4.39. The Balaban J connectivity index is 2.12. The number of hydrogen-bond acceptors (Lipinski definition) is 2. The van der Waals surface area contributed by atoms with Crippen molar-refractivity contribution in [3.63, 3.8) is 0 Å². The quantitative estimate of drug-likeness (QED) is 0.769. The second-order valence-electron chi connectivity index (χ2n) is 4.22. The summed E-state index contributed by atoms with van der Waals surface area (Å²) >= 11 is 1.59. The van der Waals surface area contributed by atoms with Gasteiger partial charge in [-0.1, -0.05) is 19.3 Å². The van der Waals surface area contributed by atoms with Crippen molar-refractivity contribution in [2.24, 2.45) is 0 Å². The second kappa shape index (κ2) is 4.88. The number of nitrogens with zero attached hydrogens (tertiary/aromatic N) is 1. The van der Waals surface area contributed by atoms with E-state index in [1.54, 1.807) is 23.9 Å². The van der Waals surface area contributed by atoms with Gasteiger partial charge in [0.1, 0.15) is 10.6 Å². The van der Waals surface area contributed by atoms with E-state index < -0.39 is 0 Å². The molecule has 3 heteroatoms. The molecule has 1 aliphatic rings. The van der Waals surface area contributed by atoms with Gasteiger partial charge in [-0.15, -0.1) is 11.8 Å².